The molecule has 0 spiro atoms. The molecule has 0 aromatic carbocycles. The van der Waals surface area contributed by atoms with Crippen molar-refractivity contribution in [3.63, 3.8) is 0 Å². The van der Waals surface area contributed by atoms with Gasteiger partial charge in [0.2, 0.25) is 0 Å². The fourth-order valence-electron chi connectivity index (χ4n) is 1.46. The first-order valence-electron chi connectivity index (χ1n) is 6.89. The fraction of sp³-hybridized carbons (Fsp3) is 0.500. The number of alkyl halides is 3. The largest absolute Gasteiger partial charge is 0.382 e. The molecule has 0 aliphatic heterocycles. The highest BCUT2D eigenvalue weighted by Gasteiger charge is 2.15. The third kappa shape index (κ3) is 13.2. The summed E-state index contributed by atoms with van der Waals surface area (Å²) in [6.45, 7) is 2.63. The molecule has 0 saturated carbocycles. The van der Waals surface area contributed by atoms with Gasteiger partial charge in [-0.15, -0.1) is 59.6 Å². The summed E-state index contributed by atoms with van der Waals surface area (Å²) in [4.78, 5) is 23.9. The molecule has 9 nitrogen and oxygen atoms in total. The number of hydrogen-bond acceptors (Lipinski definition) is 6. The van der Waals surface area contributed by atoms with Crippen LogP contribution in [0, 0.1) is 0 Å². The van der Waals surface area contributed by atoms with Gasteiger partial charge in [-0.1, -0.05) is 11.6 Å². The van der Waals surface area contributed by atoms with E-state index in [2.05, 4.69) is 19.9 Å². The van der Waals surface area contributed by atoms with E-state index in [1.54, 1.807) is 0 Å². The average molecular weight is 507 g/mol. The number of carbonyl (C=O) groups excluding carboxylic acids is 1. The van der Waals surface area contributed by atoms with Crippen molar-refractivity contribution >= 4 is 94.7 Å². The van der Waals surface area contributed by atoms with Gasteiger partial charge in [0, 0.05) is 37.3 Å². The SMILES string of the molecule is Cl.Cl.ClCCN(CCCl)CCCl.NC(N)=NC(=O)c1nc(Cl)c(N)nc1N. The van der Waals surface area contributed by atoms with E-state index in [0.717, 1.165) is 19.6 Å². The number of rotatable bonds is 7. The van der Waals surface area contributed by atoms with E-state index in [-0.39, 0.29) is 47.3 Å². The first kappa shape index (κ1) is 31.0. The van der Waals surface area contributed by atoms with E-state index in [1.165, 1.54) is 0 Å². The van der Waals surface area contributed by atoms with Crippen molar-refractivity contribution in [2.75, 3.05) is 48.7 Å². The average Bonchev–Trinajstić information content (AvgIpc) is 2.51. The Labute approximate surface area is 189 Å². The predicted octanol–water partition coefficient (Wildman–Crippen LogP) is 1.56. The Balaban J connectivity index is -0.000000427. The molecule has 1 rings (SSSR count). The molecule has 1 amide bonds. The molecular weight excluding hydrogens is 485 g/mol. The zero-order valence-electron chi connectivity index (χ0n) is 14.1. The van der Waals surface area contributed by atoms with Gasteiger partial charge in [-0.3, -0.25) is 9.69 Å². The van der Waals surface area contributed by atoms with Gasteiger partial charge >= 0.3 is 5.91 Å². The van der Waals surface area contributed by atoms with Crippen LogP contribution in [0.25, 0.3) is 0 Å². The highest BCUT2D eigenvalue weighted by Crippen LogP contribution is 2.17. The monoisotopic (exact) mass is 504 g/mol. The van der Waals surface area contributed by atoms with E-state index in [0.29, 0.717) is 17.6 Å². The minimum atomic E-state index is -0.832. The van der Waals surface area contributed by atoms with Crippen molar-refractivity contribution in [1.29, 1.82) is 0 Å². The van der Waals surface area contributed by atoms with Crippen molar-refractivity contribution in [2.45, 2.75) is 0 Å². The molecule has 1 aromatic rings. The molecule has 27 heavy (non-hydrogen) atoms. The number of nitrogens with zero attached hydrogens (tertiary/aromatic N) is 4. The Morgan fingerprint density at radius 2 is 1.37 bits per heavy atom. The lowest BCUT2D eigenvalue weighted by Gasteiger charge is -2.17. The molecule has 0 unspecified atom stereocenters. The van der Waals surface area contributed by atoms with Crippen LogP contribution in [0.1, 0.15) is 10.5 Å². The smallest absolute Gasteiger partial charge is 0.302 e. The van der Waals surface area contributed by atoms with Gasteiger partial charge in [-0.05, 0) is 0 Å². The normalized spacial score (nSPS) is 9.37. The number of aliphatic imine (C=N–C) groups is 1. The molecule has 0 bridgehead atoms. The zero-order valence-corrected chi connectivity index (χ0v) is 18.7. The Kier molecular flexibility index (Phi) is 20.0. The number of nitrogens with two attached hydrogens (primary N) is 4. The highest BCUT2D eigenvalue weighted by atomic mass is 35.5. The maximum absolute atomic E-state index is 11.3. The topological polar surface area (TPSA) is 163 Å². The summed E-state index contributed by atoms with van der Waals surface area (Å²) < 4.78 is 0. The van der Waals surface area contributed by atoms with Crippen LogP contribution >= 0.6 is 71.2 Å². The van der Waals surface area contributed by atoms with Gasteiger partial charge in [0.05, 0.1) is 0 Å². The quantitative estimate of drug-likeness (QED) is 0.246. The van der Waals surface area contributed by atoms with Crippen LogP contribution in [0.4, 0.5) is 11.6 Å². The molecule has 0 atom stereocenters. The summed E-state index contributed by atoms with van der Waals surface area (Å²) in [5.41, 5.74) is 20.5. The van der Waals surface area contributed by atoms with Gasteiger partial charge in [0.25, 0.3) is 0 Å². The van der Waals surface area contributed by atoms with Crippen molar-refractivity contribution in [3.8, 4) is 0 Å². The van der Waals surface area contributed by atoms with E-state index >= 15 is 0 Å². The van der Waals surface area contributed by atoms with Gasteiger partial charge < -0.3 is 22.9 Å². The number of aromatic nitrogens is 2. The molecule has 0 radical (unpaired) electrons. The second-order valence-corrected chi connectivity index (χ2v) is 5.88. The molecule has 8 N–H and O–H groups in total. The highest BCUT2D eigenvalue weighted by molar-refractivity contribution is 6.31. The molecule has 15 heteroatoms. The summed E-state index contributed by atoms with van der Waals surface area (Å²) in [5.74, 6) is 0.438. The van der Waals surface area contributed by atoms with Gasteiger partial charge in [0.15, 0.2) is 28.4 Å². The van der Waals surface area contributed by atoms with E-state index in [9.17, 15) is 4.79 Å². The second-order valence-electron chi connectivity index (χ2n) is 4.38. The van der Waals surface area contributed by atoms with Crippen LogP contribution < -0.4 is 22.9 Å². The number of nitrogen functional groups attached to an aromatic ring is 2. The summed E-state index contributed by atoms with van der Waals surface area (Å²) in [6.07, 6.45) is 0. The molecule has 1 aromatic heterocycles. The molecule has 1 heterocycles. The van der Waals surface area contributed by atoms with E-state index in [4.69, 9.17) is 69.3 Å². The maximum Gasteiger partial charge on any atom is 0.302 e. The molecule has 158 valence electrons. The van der Waals surface area contributed by atoms with Gasteiger partial charge in [-0.2, -0.15) is 4.99 Å². The number of guanidine groups is 1. The number of carbonyl (C=O) groups is 1. The van der Waals surface area contributed by atoms with Crippen LogP contribution in [0.2, 0.25) is 5.15 Å². The van der Waals surface area contributed by atoms with Crippen LogP contribution in [0.15, 0.2) is 4.99 Å². The molecule has 0 aliphatic rings. The van der Waals surface area contributed by atoms with Crippen LogP contribution in [-0.4, -0.2) is 64.0 Å². The number of amides is 1. The minimum absolute atomic E-state index is 0. The first-order chi connectivity index (χ1) is 11.8. The van der Waals surface area contributed by atoms with Crippen molar-refractivity contribution < 1.29 is 4.79 Å². The molecule has 0 aliphatic carbocycles. The first-order valence-corrected chi connectivity index (χ1v) is 8.87. The second kappa shape index (κ2) is 17.4. The summed E-state index contributed by atoms with van der Waals surface area (Å²) >= 11 is 22.2. The Morgan fingerprint density at radius 3 is 1.74 bits per heavy atom. The third-order valence-electron chi connectivity index (χ3n) is 2.54. The predicted molar refractivity (Wildman–Crippen MR) is 119 cm³/mol. The number of anilines is 2. The Morgan fingerprint density at radius 1 is 0.926 bits per heavy atom. The van der Waals surface area contributed by atoms with Gasteiger partial charge in [-0.25, -0.2) is 9.97 Å². The van der Waals surface area contributed by atoms with Crippen LogP contribution in [0.5, 0.6) is 0 Å². The summed E-state index contributed by atoms with van der Waals surface area (Å²) in [6, 6.07) is 0. The Hall–Kier alpha value is -0.680. The van der Waals surface area contributed by atoms with Crippen LogP contribution in [-0.2, 0) is 0 Å². The molecule has 0 saturated heterocycles. The third-order valence-corrected chi connectivity index (χ3v) is 3.33. The van der Waals surface area contributed by atoms with Gasteiger partial charge in [0.1, 0.15) is 0 Å². The minimum Gasteiger partial charge on any atom is -0.382 e. The van der Waals surface area contributed by atoms with E-state index in [1.807, 2.05) is 0 Å². The lowest BCUT2D eigenvalue weighted by atomic mass is 10.4. The number of halogens is 6. The lowest BCUT2D eigenvalue weighted by Crippen LogP contribution is -2.29. The summed E-state index contributed by atoms with van der Waals surface area (Å²) in [7, 11) is 0. The van der Waals surface area contributed by atoms with E-state index < -0.39 is 11.9 Å². The Bertz CT molecular complexity index is 573. The maximum atomic E-state index is 11.3. The zero-order chi connectivity index (χ0) is 19.4. The summed E-state index contributed by atoms with van der Waals surface area (Å²) in [5, 5.41) is -0.140. The van der Waals surface area contributed by atoms with Crippen LogP contribution in [0.3, 0.4) is 0 Å². The van der Waals surface area contributed by atoms with Crippen molar-refractivity contribution in [3.05, 3.63) is 10.8 Å². The van der Waals surface area contributed by atoms with Crippen molar-refractivity contribution in [2.24, 2.45) is 16.5 Å². The standard InChI is InChI=1S/C6H12Cl3N.C6H8ClN7O.2ClH/c7-1-4-10(5-2-8)6-3-9;7-2-4(9)13-3(8)1(12-2)5(15)14-6(10)11;;/h1-6H2;(H4,8,9,13)(H4,10,11,14,15);2*1H. The lowest BCUT2D eigenvalue weighted by molar-refractivity contribution is 0.0998. The van der Waals surface area contributed by atoms with Crippen molar-refractivity contribution in [1.82, 2.24) is 14.9 Å². The fourth-order valence-corrected chi connectivity index (χ4v) is 2.31. The molecular formula is C12H22Cl6N8O. The number of hydrogen-bond donors (Lipinski definition) is 4. The molecule has 0 fully saturated rings.